The summed E-state index contributed by atoms with van der Waals surface area (Å²) < 4.78 is 24.6. The molecule has 2 aromatic rings. The summed E-state index contributed by atoms with van der Waals surface area (Å²) in [6.45, 7) is 3.39. The molecule has 3 heterocycles. The molecule has 0 amide bonds. The summed E-state index contributed by atoms with van der Waals surface area (Å²) in [4.78, 5) is 13.7. The Morgan fingerprint density at radius 2 is 2.21 bits per heavy atom. The Morgan fingerprint density at radius 1 is 1.42 bits per heavy atom. The number of anilines is 1. The van der Waals surface area contributed by atoms with Gasteiger partial charge in [0.15, 0.2) is 0 Å². The minimum Gasteiger partial charge on any atom is -0.355 e. The number of nitrogens with zero attached hydrogens (tertiary/aromatic N) is 3. The molecule has 4 nitrogen and oxygen atoms in total. The van der Waals surface area contributed by atoms with E-state index < -0.39 is 6.43 Å². The van der Waals surface area contributed by atoms with Gasteiger partial charge in [0.25, 0.3) is 0 Å². The Balaban J connectivity index is 1.84. The summed E-state index contributed by atoms with van der Waals surface area (Å²) in [6.07, 6.45) is 2.14. The molecule has 1 saturated heterocycles. The number of rotatable bonds is 4. The van der Waals surface area contributed by atoms with Crippen molar-refractivity contribution >= 4 is 16.9 Å². The zero-order valence-electron chi connectivity index (χ0n) is 10.7. The van der Waals surface area contributed by atoms with Gasteiger partial charge in [-0.3, -0.25) is 0 Å². The SMILES string of the molecule is CCc1c[nH]c2ncnc(N3CC(CC(F)F)C3)c12. The quantitative estimate of drug-likeness (QED) is 0.925. The molecule has 2 aromatic heterocycles. The Labute approximate surface area is 109 Å². The fourth-order valence-electron chi connectivity index (χ4n) is 2.67. The number of aryl methyl sites for hydroxylation is 1. The first-order chi connectivity index (χ1) is 9.19. The first-order valence-electron chi connectivity index (χ1n) is 6.53. The van der Waals surface area contributed by atoms with Gasteiger partial charge in [-0.15, -0.1) is 0 Å². The van der Waals surface area contributed by atoms with E-state index in [2.05, 4.69) is 26.8 Å². The molecule has 0 saturated carbocycles. The number of hydrogen-bond acceptors (Lipinski definition) is 3. The van der Waals surface area contributed by atoms with Crippen LogP contribution < -0.4 is 4.90 Å². The van der Waals surface area contributed by atoms with Gasteiger partial charge in [-0.1, -0.05) is 6.92 Å². The van der Waals surface area contributed by atoms with E-state index in [0.29, 0.717) is 13.1 Å². The van der Waals surface area contributed by atoms with Crippen LogP contribution in [-0.4, -0.2) is 34.5 Å². The normalized spacial score (nSPS) is 16.3. The molecule has 1 aliphatic rings. The molecule has 1 aliphatic heterocycles. The van der Waals surface area contributed by atoms with Crippen LogP contribution >= 0.6 is 0 Å². The van der Waals surface area contributed by atoms with Crippen molar-refractivity contribution < 1.29 is 8.78 Å². The van der Waals surface area contributed by atoms with Gasteiger partial charge in [0.05, 0.1) is 5.39 Å². The average Bonchev–Trinajstić information content (AvgIpc) is 2.76. The third kappa shape index (κ3) is 2.15. The van der Waals surface area contributed by atoms with E-state index in [1.807, 2.05) is 6.20 Å². The lowest BCUT2D eigenvalue weighted by molar-refractivity contribution is 0.107. The third-order valence-corrected chi connectivity index (χ3v) is 3.68. The molecule has 102 valence electrons. The van der Waals surface area contributed by atoms with Crippen LogP contribution in [0.5, 0.6) is 0 Å². The van der Waals surface area contributed by atoms with Crippen molar-refractivity contribution in [3.63, 3.8) is 0 Å². The van der Waals surface area contributed by atoms with E-state index in [0.717, 1.165) is 23.3 Å². The van der Waals surface area contributed by atoms with Crippen LogP contribution in [0.25, 0.3) is 11.0 Å². The molecule has 1 N–H and O–H groups in total. The molecule has 0 aliphatic carbocycles. The third-order valence-electron chi connectivity index (χ3n) is 3.68. The number of fused-ring (bicyclic) bond motifs is 1. The molecule has 1 fully saturated rings. The van der Waals surface area contributed by atoms with Crippen molar-refractivity contribution in [3.8, 4) is 0 Å². The van der Waals surface area contributed by atoms with Gasteiger partial charge in [0.1, 0.15) is 17.8 Å². The Hall–Kier alpha value is -1.72. The number of aromatic amines is 1. The van der Waals surface area contributed by atoms with Crippen molar-refractivity contribution in [3.05, 3.63) is 18.1 Å². The lowest BCUT2D eigenvalue weighted by atomic mass is 9.96. The minimum atomic E-state index is -2.21. The largest absolute Gasteiger partial charge is 0.355 e. The summed E-state index contributed by atoms with van der Waals surface area (Å²) >= 11 is 0. The molecule has 19 heavy (non-hydrogen) atoms. The van der Waals surface area contributed by atoms with E-state index in [-0.39, 0.29) is 12.3 Å². The van der Waals surface area contributed by atoms with Gasteiger partial charge in [-0.05, 0) is 17.9 Å². The lowest BCUT2D eigenvalue weighted by Crippen LogP contribution is -2.48. The summed E-state index contributed by atoms with van der Waals surface area (Å²) in [5.74, 6) is 0.947. The molecular formula is C13H16F2N4. The molecule has 0 spiro atoms. The summed E-state index contributed by atoms with van der Waals surface area (Å²) in [7, 11) is 0. The number of alkyl halides is 2. The summed E-state index contributed by atoms with van der Waals surface area (Å²) in [5, 5.41) is 1.03. The highest BCUT2D eigenvalue weighted by molar-refractivity contribution is 5.91. The van der Waals surface area contributed by atoms with Gasteiger partial charge < -0.3 is 9.88 Å². The van der Waals surface area contributed by atoms with Gasteiger partial charge in [0.2, 0.25) is 6.43 Å². The average molecular weight is 266 g/mol. The van der Waals surface area contributed by atoms with Crippen molar-refractivity contribution in [1.82, 2.24) is 15.0 Å². The monoisotopic (exact) mass is 266 g/mol. The molecule has 0 aromatic carbocycles. The Bertz CT molecular complexity index is 575. The second-order valence-corrected chi connectivity index (χ2v) is 4.99. The molecule has 0 radical (unpaired) electrons. The van der Waals surface area contributed by atoms with Crippen LogP contribution in [-0.2, 0) is 6.42 Å². The predicted molar refractivity (Wildman–Crippen MR) is 69.6 cm³/mol. The summed E-state index contributed by atoms with van der Waals surface area (Å²) in [5.41, 5.74) is 1.99. The molecule has 6 heteroatoms. The maximum Gasteiger partial charge on any atom is 0.239 e. The maximum absolute atomic E-state index is 12.3. The van der Waals surface area contributed by atoms with E-state index in [4.69, 9.17) is 0 Å². The fourth-order valence-corrected chi connectivity index (χ4v) is 2.67. The van der Waals surface area contributed by atoms with Crippen molar-refractivity contribution in [2.45, 2.75) is 26.2 Å². The molecular weight excluding hydrogens is 250 g/mol. The van der Waals surface area contributed by atoms with Crippen LogP contribution in [0.4, 0.5) is 14.6 Å². The smallest absolute Gasteiger partial charge is 0.239 e. The van der Waals surface area contributed by atoms with Crippen LogP contribution in [0, 0.1) is 5.92 Å². The van der Waals surface area contributed by atoms with Gasteiger partial charge >= 0.3 is 0 Å². The first kappa shape index (κ1) is 12.3. The maximum atomic E-state index is 12.3. The minimum absolute atomic E-state index is 0.0154. The van der Waals surface area contributed by atoms with E-state index in [9.17, 15) is 8.78 Å². The lowest BCUT2D eigenvalue weighted by Gasteiger charge is -2.40. The first-order valence-corrected chi connectivity index (χ1v) is 6.53. The topological polar surface area (TPSA) is 44.8 Å². The van der Waals surface area contributed by atoms with Crippen LogP contribution in [0.15, 0.2) is 12.5 Å². The van der Waals surface area contributed by atoms with Crippen molar-refractivity contribution in [2.75, 3.05) is 18.0 Å². The highest BCUT2D eigenvalue weighted by Gasteiger charge is 2.31. The van der Waals surface area contributed by atoms with Gasteiger partial charge in [-0.25, -0.2) is 18.7 Å². The zero-order chi connectivity index (χ0) is 13.4. The van der Waals surface area contributed by atoms with Crippen molar-refractivity contribution in [2.24, 2.45) is 5.92 Å². The predicted octanol–water partition coefficient (Wildman–Crippen LogP) is 2.61. The number of aromatic nitrogens is 3. The van der Waals surface area contributed by atoms with Crippen molar-refractivity contribution in [1.29, 1.82) is 0 Å². The second-order valence-electron chi connectivity index (χ2n) is 4.99. The zero-order valence-corrected chi connectivity index (χ0v) is 10.7. The Kier molecular flexibility index (Phi) is 3.08. The van der Waals surface area contributed by atoms with Crippen LogP contribution in [0.2, 0.25) is 0 Å². The number of H-pyrrole nitrogens is 1. The molecule has 0 atom stereocenters. The van der Waals surface area contributed by atoms with E-state index in [1.54, 1.807) is 0 Å². The van der Waals surface area contributed by atoms with Crippen LogP contribution in [0.1, 0.15) is 18.9 Å². The van der Waals surface area contributed by atoms with E-state index in [1.165, 1.54) is 11.9 Å². The second kappa shape index (κ2) is 4.75. The Morgan fingerprint density at radius 3 is 2.89 bits per heavy atom. The highest BCUT2D eigenvalue weighted by Crippen LogP contribution is 2.32. The highest BCUT2D eigenvalue weighted by atomic mass is 19.3. The number of nitrogens with one attached hydrogen (secondary N) is 1. The molecule has 3 rings (SSSR count). The fraction of sp³-hybridized carbons (Fsp3) is 0.538. The molecule has 0 unspecified atom stereocenters. The summed E-state index contributed by atoms with van der Waals surface area (Å²) in [6, 6.07) is 0. The molecule has 0 bridgehead atoms. The number of hydrogen-bond donors (Lipinski definition) is 1. The van der Waals surface area contributed by atoms with E-state index >= 15 is 0 Å². The standard InChI is InChI=1S/C13H16F2N4/c1-2-9-4-16-12-11(9)13(18-7-17-12)19-5-8(6-19)3-10(14)15/h4,7-8,10H,2-3,5-6H2,1H3,(H,16,17,18). The van der Waals surface area contributed by atoms with Gasteiger partial charge in [-0.2, -0.15) is 0 Å². The number of halogens is 2. The van der Waals surface area contributed by atoms with Gasteiger partial charge in [0, 0.05) is 25.7 Å². The van der Waals surface area contributed by atoms with Crippen LogP contribution in [0.3, 0.4) is 0 Å².